The second-order valence-corrected chi connectivity index (χ2v) is 5.23. The lowest BCUT2D eigenvalue weighted by Crippen LogP contribution is -2.22. The van der Waals surface area contributed by atoms with Gasteiger partial charge in [-0.05, 0) is 31.9 Å². The molecule has 3 rings (SSSR count). The molecule has 1 aliphatic heterocycles. The summed E-state index contributed by atoms with van der Waals surface area (Å²) in [5, 5.41) is 11.3. The summed E-state index contributed by atoms with van der Waals surface area (Å²) in [6, 6.07) is 10.2. The third-order valence-electron chi connectivity index (χ3n) is 3.72. The lowest BCUT2D eigenvalue weighted by molar-refractivity contribution is 0.120. The quantitative estimate of drug-likeness (QED) is 0.884. The molecule has 0 aliphatic carbocycles. The van der Waals surface area contributed by atoms with Crippen LogP contribution in [0.1, 0.15) is 19.8 Å². The van der Waals surface area contributed by atoms with E-state index in [1.165, 1.54) is 0 Å². The Kier molecular flexibility index (Phi) is 4.80. The number of hydrogen-bond acceptors (Lipinski definition) is 6. The van der Waals surface area contributed by atoms with Crippen LogP contribution < -0.4 is 10.2 Å². The van der Waals surface area contributed by atoms with Gasteiger partial charge in [-0.25, -0.2) is 0 Å². The van der Waals surface area contributed by atoms with Gasteiger partial charge in [0, 0.05) is 25.4 Å². The Hall–Kier alpha value is -2.21. The third-order valence-corrected chi connectivity index (χ3v) is 3.72. The first-order valence-corrected chi connectivity index (χ1v) is 7.74. The highest BCUT2D eigenvalue weighted by atomic mass is 16.5. The standard InChI is InChI=1S/C16H21N5O/c1-2-21(13-7-4-3-5-8-13)15-12-18-20-16(19-15)17-11-14-9-6-10-22-14/h3-5,7-8,12,14H,2,6,9-11H2,1H3,(H,17,19,20). The Morgan fingerprint density at radius 3 is 2.91 bits per heavy atom. The molecule has 1 saturated heterocycles. The summed E-state index contributed by atoms with van der Waals surface area (Å²) >= 11 is 0. The van der Waals surface area contributed by atoms with Gasteiger partial charge in [-0.2, -0.15) is 10.1 Å². The van der Waals surface area contributed by atoms with E-state index in [1.807, 2.05) is 18.2 Å². The Labute approximate surface area is 130 Å². The molecule has 1 aromatic heterocycles. The van der Waals surface area contributed by atoms with Crippen molar-refractivity contribution in [1.29, 1.82) is 0 Å². The van der Waals surface area contributed by atoms with Crippen LogP contribution in [0.25, 0.3) is 0 Å². The first kappa shape index (κ1) is 14.7. The van der Waals surface area contributed by atoms with Crippen LogP contribution in [0.5, 0.6) is 0 Å². The molecule has 22 heavy (non-hydrogen) atoms. The second kappa shape index (κ2) is 7.17. The molecule has 1 unspecified atom stereocenters. The first-order chi connectivity index (χ1) is 10.9. The number of rotatable bonds is 6. The van der Waals surface area contributed by atoms with E-state index >= 15 is 0 Å². The van der Waals surface area contributed by atoms with Crippen LogP contribution in [0, 0.1) is 0 Å². The minimum atomic E-state index is 0.253. The fourth-order valence-electron chi connectivity index (χ4n) is 2.60. The van der Waals surface area contributed by atoms with Gasteiger partial charge in [-0.15, -0.1) is 5.10 Å². The molecule has 1 aromatic carbocycles. The molecular weight excluding hydrogens is 278 g/mol. The molecule has 116 valence electrons. The van der Waals surface area contributed by atoms with Crippen molar-refractivity contribution in [3.05, 3.63) is 36.5 Å². The minimum Gasteiger partial charge on any atom is -0.376 e. The number of ether oxygens (including phenoxy) is 1. The minimum absolute atomic E-state index is 0.253. The van der Waals surface area contributed by atoms with E-state index in [9.17, 15) is 0 Å². The summed E-state index contributed by atoms with van der Waals surface area (Å²) in [5.74, 6) is 1.33. The van der Waals surface area contributed by atoms with E-state index in [4.69, 9.17) is 4.74 Å². The molecule has 0 amide bonds. The summed E-state index contributed by atoms with van der Waals surface area (Å²) in [6.45, 7) is 4.48. The van der Waals surface area contributed by atoms with Gasteiger partial charge in [-0.3, -0.25) is 0 Å². The fourth-order valence-corrected chi connectivity index (χ4v) is 2.60. The van der Waals surface area contributed by atoms with E-state index < -0.39 is 0 Å². The van der Waals surface area contributed by atoms with E-state index in [-0.39, 0.29) is 6.10 Å². The molecule has 2 heterocycles. The molecule has 1 N–H and O–H groups in total. The smallest absolute Gasteiger partial charge is 0.244 e. The van der Waals surface area contributed by atoms with Crippen molar-refractivity contribution in [2.75, 3.05) is 29.9 Å². The number of hydrogen-bond donors (Lipinski definition) is 1. The maximum atomic E-state index is 5.59. The van der Waals surface area contributed by atoms with Crippen LogP contribution in [-0.4, -0.2) is 41.0 Å². The molecule has 0 saturated carbocycles. The topological polar surface area (TPSA) is 63.2 Å². The van der Waals surface area contributed by atoms with Crippen LogP contribution in [0.15, 0.2) is 36.5 Å². The third kappa shape index (κ3) is 3.51. The summed E-state index contributed by atoms with van der Waals surface area (Å²) in [7, 11) is 0. The Morgan fingerprint density at radius 2 is 2.18 bits per heavy atom. The molecule has 0 spiro atoms. The normalized spacial score (nSPS) is 17.4. The van der Waals surface area contributed by atoms with Crippen molar-refractivity contribution in [3.63, 3.8) is 0 Å². The zero-order chi connectivity index (χ0) is 15.2. The maximum Gasteiger partial charge on any atom is 0.244 e. The monoisotopic (exact) mass is 299 g/mol. The van der Waals surface area contributed by atoms with Gasteiger partial charge >= 0.3 is 0 Å². The molecule has 1 aliphatic rings. The lowest BCUT2D eigenvalue weighted by atomic mass is 10.2. The highest BCUT2D eigenvalue weighted by Crippen LogP contribution is 2.22. The molecular formula is C16H21N5O. The van der Waals surface area contributed by atoms with Gasteiger partial charge in [0.2, 0.25) is 5.95 Å². The number of anilines is 3. The Morgan fingerprint density at radius 1 is 1.32 bits per heavy atom. The molecule has 1 fully saturated rings. The molecule has 6 nitrogen and oxygen atoms in total. The van der Waals surface area contributed by atoms with Crippen LogP contribution in [0.4, 0.5) is 17.5 Å². The summed E-state index contributed by atoms with van der Waals surface area (Å²) in [6.07, 6.45) is 4.16. The van der Waals surface area contributed by atoms with Gasteiger partial charge in [-0.1, -0.05) is 18.2 Å². The second-order valence-electron chi connectivity index (χ2n) is 5.23. The van der Waals surface area contributed by atoms with Crippen molar-refractivity contribution in [2.45, 2.75) is 25.9 Å². The van der Waals surface area contributed by atoms with Gasteiger partial charge in [0.05, 0.1) is 12.3 Å². The van der Waals surface area contributed by atoms with Crippen LogP contribution in [0.3, 0.4) is 0 Å². The van der Waals surface area contributed by atoms with Crippen molar-refractivity contribution in [3.8, 4) is 0 Å². The lowest BCUT2D eigenvalue weighted by Gasteiger charge is -2.21. The van der Waals surface area contributed by atoms with E-state index in [0.717, 1.165) is 44.0 Å². The van der Waals surface area contributed by atoms with Crippen LogP contribution >= 0.6 is 0 Å². The fraction of sp³-hybridized carbons (Fsp3) is 0.438. The highest BCUT2D eigenvalue weighted by Gasteiger charge is 2.16. The predicted molar refractivity (Wildman–Crippen MR) is 86.4 cm³/mol. The largest absolute Gasteiger partial charge is 0.376 e. The summed E-state index contributed by atoms with van der Waals surface area (Å²) in [5.41, 5.74) is 1.09. The van der Waals surface area contributed by atoms with E-state index in [1.54, 1.807) is 6.20 Å². The highest BCUT2D eigenvalue weighted by molar-refractivity contribution is 5.59. The van der Waals surface area contributed by atoms with Gasteiger partial charge < -0.3 is 15.0 Å². The van der Waals surface area contributed by atoms with Gasteiger partial charge in [0.1, 0.15) is 0 Å². The number of nitrogens with one attached hydrogen (secondary N) is 1. The molecule has 2 aromatic rings. The van der Waals surface area contributed by atoms with E-state index in [0.29, 0.717) is 5.95 Å². The first-order valence-electron chi connectivity index (χ1n) is 7.74. The van der Waals surface area contributed by atoms with Crippen molar-refractivity contribution in [2.24, 2.45) is 0 Å². The number of nitrogens with zero attached hydrogens (tertiary/aromatic N) is 4. The average molecular weight is 299 g/mol. The number of para-hydroxylation sites is 1. The van der Waals surface area contributed by atoms with Crippen LogP contribution in [0.2, 0.25) is 0 Å². The van der Waals surface area contributed by atoms with E-state index in [2.05, 4.69) is 44.5 Å². The van der Waals surface area contributed by atoms with Crippen molar-refractivity contribution >= 4 is 17.5 Å². The molecule has 0 bridgehead atoms. The Bertz CT molecular complexity index is 586. The van der Waals surface area contributed by atoms with Crippen molar-refractivity contribution in [1.82, 2.24) is 15.2 Å². The van der Waals surface area contributed by atoms with Gasteiger partial charge in [0.15, 0.2) is 5.82 Å². The number of aromatic nitrogens is 3. The average Bonchev–Trinajstić information content (AvgIpc) is 3.09. The zero-order valence-corrected chi connectivity index (χ0v) is 12.8. The van der Waals surface area contributed by atoms with Crippen molar-refractivity contribution < 1.29 is 4.74 Å². The summed E-state index contributed by atoms with van der Waals surface area (Å²) < 4.78 is 5.59. The summed E-state index contributed by atoms with van der Waals surface area (Å²) in [4.78, 5) is 6.67. The number of benzene rings is 1. The molecule has 1 atom stereocenters. The molecule has 0 radical (unpaired) electrons. The van der Waals surface area contributed by atoms with Crippen LogP contribution in [-0.2, 0) is 4.74 Å². The molecule has 6 heteroatoms. The van der Waals surface area contributed by atoms with Gasteiger partial charge in [0.25, 0.3) is 0 Å². The predicted octanol–water partition coefficient (Wildman–Crippen LogP) is 2.62. The SMILES string of the molecule is CCN(c1ccccc1)c1cnnc(NCC2CCCO2)n1. The maximum absolute atomic E-state index is 5.59. The Balaban J connectivity index is 1.71. The zero-order valence-electron chi connectivity index (χ0n) is 12.8.